The van der Waals surface area contributed by atoms with Crippen LogP contribution in [-0.4, -0.2) is 16.1 Å². The summed E-state index contributed by atoms with van der Waals surface area (Å²) in [6, 6.07) is 11.1. The molecular formula is C17H30Si2. The second kappa shape index (κ2) is 5.80. The minimum Gasteiger partial charge on any atom is -0.100 e. The second-order valence-electron chi connectivity index (χ2n) is 7.94. The van der Waals surface area contributed by atoms with Gasteiger partial charge in [0.25, 0.3) is 0 Å². The quantitative estimate of drug-likeness (QED) is 0.465. The Morgan fingerprint density at radius 3 is 1.68 bits per heavy atom. The van der Waals surface area contributed by atoms with Crippen LogP contribution in [0.25, 0.3) is 0 Å². The normalized spacial score (nSPS) is 15.9. The monoisotopic (exact) mass is 290 g/mol. The summed E-state index contributed by atoms with van der Waals surface area (Å²) in [6.45, 7) is 21.5. The van der Waals surface area contributed by atoms with E-state index in [1.807, 2.05) is 0 Å². The Labute approximate surface area is 122 Å². The van der Waals surface area contributed by atoms with Crippen molar-refractivity contribution in [1.29, 1.82) is 0 Å². The number of benzene rings is 1. The maximum atomic E-state index is 4.34. The predicted molar refractivity (Wildman–Crippen MR) is 94.4 cm³/mol. The molecule has 2 heteroatoms. The van der Waals surface area contributed by atoms with Gasteiger partial charge in [-0.1, -0.05) is 75.2 Å². The third-order valence-corrected chi connectivity index (χ3v) is 9.45. The third kappa shape index (κ3) is 4.18. The highest BCUT2D eigenvalue weighted by Gasteiger charge is 2.41. The van der Waals surface area contributed by atoms with Gasteiger partial charge in [0.2, 0.25) is 0 Å². The van der Waals surface area contributed by atoms with Crippen LogP contribution in [0.5, 0.6) is 0 Å². The molecule has 106 valence electrons. The standard InChI is InChI=1S/C17H30Si2/c1-14(2)16(18(3,4)5)17(19(6,7)8)15-12-10-9-11-13-15/h9-13,16-17H,1H2,2-8H3. The minimum absolute atomic E-state index is 0.682. The van der Waals surface area contributed by atoms with Gasteiger partial charge >= 0.3 is 0 Å². The summed E-state index contributed by atoms with van der Waals surface area (Å²) in [4.78, 5) is 0. The van der Waals surface area contributed by atoms with Crippen molar-refractivity contribution in [3.63, 3.8) is 0 Å². The second-order valence-corrected chi connectivity index (χ2v) is 18.7. The van der Waals surface area contributed by atoms with Crippen molar-refractivity contribution in [2.75, 3.05) is 0 Å². The molecule has 1 aromatic rings. The van der Waals surface area contributed by atoms with E-state index in [-0.39, 0.29) is 0 Å². The molecule has 0 bridgehead atoms. The van der Waals surface area contributed by atoms with Gasteiger partial charge in [0.1, 0.15) is 0 Å². The Bertz CT molecular complexity index is 421. The first-order valence-corrected chi connectivity index (χ1v) is 14.4. The van der Waals surface area contributed by atoms with Gasteiger partial charge in [-0.3, -0.25) is 0 Å². The average Bonchev–Trinajstić information content (AvgIpc) is 2.23. The third-order valence-electron chi connectivity index (χ3n) is 3.89. The first-order chi connectivity index (χ1) is 8.55. The molecule has 0 N–H and O–H groups in total. The molecule has 0 aliphatic carbocycles. The van der Waals surface area contributed by atoms with Crippen LogP contribution in [0.15, 0.2) is 42.5 Å². The van der Waals surface area contributed by atoms with Gasteiger partial charge in [0.15, 0.2) is 0 Å². The van der Waals surface area contributed by atoms with Crippen LogP contribution in [-0.2, 0) is 0 Å². The molecule has 0 spiro atoms. The van der Waals surface area contributed by atoms with Gasteiger partial charge in [-0.2, -0.15) is 0 Å². The van der Waals surface area contributed by atoms with Crippen LogP contribution in [0.1, 0.15) is 18.0 Å². The summed E-state index contributed by atoms with van der Waals surface area (Å²) >= 11 is 0. The maximum absolute atomic E-state index is 4.34. The average molecular weight is 291 g/mol. The Morgan fingerprint density at radius 2 is 1.37 bits per heavy atom. The predicted octanol–water partition coefficient (Wildman–Crippen LogP) is 5.93. The van der Waals surface area contributed by atoms with E-state index in [9.17, 15) is 0 Å². The van der Waals surface area contributed by atoms with Gasteiger partial charge in [0.05, 0.1) is 16.1 Å². The van der Waals surface area contributed by atoms with E-state index in [0.29, 0.717) is 11.1 Å². The smallest absolute Gasteiger partial charge is 0.0525 e. The summed E-state index contributed by atoms with van der Waals surface area (Å²) in [6.07, 6.45) is 0. The molecule has 0 radical (unpaired) electrons. The van der Waals surface area contributed by atoms with Gasteiger partial charge in [-0.05, 0) is 23.6 Å². The molecule has 0 amide bonds. The van der Waals surface area contributed by atoms with Crippen LogP contribution in [0.4, 0.5) is 0 Å². The van der Waals surface area contributed by atoms with E-state index < -0.39 is 16.1 Å². The fraction of sp³-hybridized carbons (Fsp3) is 0.529. The van der Waals surface area contributed by atoms with Crippen LogP contribution in [0.3, 0.4) is 0 Å². The summed E-state index contributed by atoms with van der Waals surface area (Å²) in [5.74, 6) is 0. The van der Waals surface area contributed by atoms with Crippen molar-refractivity contribution in [3.8, 4) is 0 Å². The molecule has 19 heavy (non-hydrogen) atoms. The molecular weight excluding hydrogens is 260 g/mol. The van der Waals surface area contributed by atoms with Crippen LogP contribution < -0.4 is 0 Å². The SMILES string of the molecule is C=C(C)C(C(c1ccccc1)[Si](C)(C)C)[Si](C)(C)C. The summed E-state index contributed by atoms with van der Waals surface area (Å²) < 4.78 is 0. The number of hydrogen-bond acceptors (Lipinski definition) is 0. The Hall–Kier alpha value is -0.606. The van der Waals surface area contributed by atoms with Crippen molar-refractivity contribution in [2.45, 2.75) is 57.3 Å². The van der Waals surface area contributed by atoms with E-state index in [0.717, 1.165) is 0 Å². The van der Waals surface area contributed by atoms with Gasteiger partial charge in [-0.15, -0.1) is 6.58 Å². The number of allylic oxidation sites excluding steroid dienone is 1. The molecule has 2 unspecified atom stereocenters. The Morgan fingerprint density at radius 1 is 0.895 bits per heavy atom. The molecule has 0 nitrogen and oxygen atoms in total. The summed E-state index contributed by atoms with van der Waals surface area (Å²) in [5.41, 5.74) is 4.28. The van der Waals surface area contributed by atoms with Crippen LogP contribution in [0.2, 0.25) is 44.8 Å². The van der Waals surface area contributed by atoms with Crippen molar-refractivity contribution in [3.05, 3.63) is 48.0 Å². The molecule has 2 atom stereocenters. The van der Waals surface area contributed by atoms with E-state index >= 15 is 0 Å². The fourth-order valence-corrected chi connectivity index (χ4v) is 11.5. The van der Waals surface area contributed by atoms with Gasteiger partial charge in [0, 0.05) is 0 Å². The van der Waals surface area contributed by atoms with Gasteiger partial charge < -0.3 is 0 Å². The highest BCUT2D eigenvalue weighted by atomic mass is 28.3. The van der Waals surface area contributed by atoms with Gasteiger partial charge in [-0.25, -0.2) is 0 Å². The summed E-state index contributed by atoms with van der Waals surface area (Å²) in [5, 5.41) is 0. The molecule has 0 fully saturated rings. The lowest BCUT2D eigenvalue weighted by Crippen LogP contribution is -2.43. The van der Waals surface area contributed by atoms with Crippen molar-refractivity contribution in [2.24, 2.45) is 0 Å². The lowest BCUT2D eigenvalue weighted by atomic mass is 10.1. The van der Waals surface area contributed by atoms with E-state index in [1.165, 1.54) is 11.1 Å². The zero-order chi connectivity index (χ0) is 14.8. The maximum Gasteiger partial charge on any atom is 0.0525 e. The van der Waals surface area contributed by atoms with E-state index in [1.54, 1.807) is 0 Å². The highest BCUT2D eigenvalue weighted by molar-refractivity contribution is 6.84. The largest absolute Gasteiger partial charge is 0.100 e. The molecule has 0 aliphatic rings. The highest BCUT2D eigenvalue weighted by Crippen LogP contribution is 2.46. The first-order valence-electron chi connectivity index (χ1n) is 7.25. The topological polar surface area (TPSA) is 0 Å². The molecule has 0 saturated carbocycles. The molecule has 0 aromatic heterocycles. The fourth-order valence-electron chi connectivity index (χ4n) is 3.38. The van der Waals surface area contributed by atoms with Crippen molar-refractivity contribution >= 4 is 16.1 Å². The Balaban J connectivity index is 3.36. The minimum atomic E-state index is -1.29. The van der Waals surface area contributed by atoms with E-state index in [2.05, 4.69) is 83.1 Å². The molecule has 1 rings (SSSR count). The Kier molecular flexibility index (Phi) is 5.02. The number of hydrogen-bond donors (Lipinski definition) is 0. The molecule has 0 saturated heterocycles. The first kappa shape index (κ1) is 16.4. The van der Waals surface area contributed by atoms with Crippen molar-refractivity contribution in [1.82, 2.24) is 0 Å². The van der Waals surface area contributed by atoms with Crippen LogP contribution in [0, 0.1) is 0 Å². The van der Waals surface area contributed by atoms with Crippen molar-refractivity contribution < 1.29 is 0 Å². The molecule has 0 heterocycles. The molecule has 1 aromatic carbocycles. The summed E-state index contributed by atoms with van der Waals surface area (Å²) in [7, 11) is -2.56. The number of rotatable bonds is 5. The lowest BCUT2D eigenvalue weighted by Gasteiger charge is -2.43. The van der Waals surface area contributed by atoms with E-state index in [4.69, 9.17) is 0 Å². The lowest BCUT2D eigenvalue weighted by molar-refractivity contribution is 0.831. The zero-order valence-corrected chi connectivity index (χ0v) is 15.7. The van der Waals surface area contributed by atoms with Crippen LogP contribution >= 0.6 is 0 Å². The zero-order valence-electron chi connectivity index (χ0n) is 13.7. The molecule has 0 aliphatic heterocycles.